The first-order chi connectivity index (χ1) is 22.0. The summed E-state index contributed by atoms with van der Waals surface area (Å²) in [7, 11) is 0. The molecule has 2 atom stereocenters. The molecule has 0 bridgehead atoms. The Bertz CT molecular complexity index is 664. The third kappa shape index (κ3) is 33.8. The van der Waals surface area contributed by atoms with Crippen molar-refractivity contribution in [2.24, 2.45) is 5.92 Å². The van der Waals surface area contributed by atoms with Crippen molar-refractivity contribution < 1.29 is 29.6 Å². The maximum Gasteiger partial charge on any atom is 0.309 e. The molecule has 0 fully saturated rings. The van der Waals surface area contributed by atoms with E-state index in [1.54, 1.807) is 0 Å². The number of carboxylic acids is 1. The Morgan fingerprint density at radius 3 is 1.36 bits per heavy atom. The van der Waals surface area contributed by atoms with Crippen molar-refractivity contribution in [3.8, 4) is 0 Å². The molecule has 6 nitrogen and oxygen atoms in total. The predicted molar refractivity (Wildman–Crippen MR) is 189 cm³/mol. The van der Waals surface area contributed by atoms with Crippen LogP contribution in [0.4, 0.5) is 0 Å². The van der Waals surface area contributed by atoms with E-state index in [0.29, 0.717) is 6.42 Å². The minimum Gasteiger partial charge on any atom is -0.481 e. The van der Waals surface area contributed by atoms with Gasteiger partial charge in [0.25, 0.3) is 0 Å². The smallest absolute Gasteiger partial charge is 0.309 e. The van der Waals surface area contributed by atoms with Crippen molar-refractivity contribution in [3.63, 3.8) is 0 Å². The molecule has 0 radical (unpaired) electrons. The zero-order valence-corrected chi connectivity index (χ0v) is 29.5. The molecule has 266 valence electrons. The maximum atomic E-state index is 12.7. The Labute approximate surface area is 278 Å². The van der Waals surface area contributed by atoms with E-state index in [9.17, 15) is 14.7 Å². The minimum absolute atomic E-state index is 0.0992. The van der Waals surface area contributed by atoms with E-state index in [2.05, 4.69) is 19.1 Å². The number of ether oxygens (including phenoxy) is 1. The molecule has 0 aliphatic rings. The normalized spacial score (nSPS) is 13.0. The van der Waals surface area contributed by atoms with E-state index in [4.69, 9.17) is 14.9 Å². The van der Waals surface area contributed by atoms with Crippen LogP contribution in [0.25, 0.3) is 0 Å². The quantitative estimate of drug-likeness (QED) is 0.0358. The van der Waals surface area contributed by atoms with E-state index in [-0.39, 0.29) is 25.1 Å². The van der Waals surface area contributed by atoms with Gasteiger partial charge in [-0.15, -0.1) is 0 Å². The van der Waals surface area contributed by atoms with Crippen LogP contribution in [0.15, 0.2) is 12.2 Å². The van der Waals surface area contributed by atoms with Gasteiger partial charge >= 0.3 is 11.9 Å². The Kier molecular flexibility index (Phi) is 34.4. The van der Waals surface area contributed by atoms with Crippen LogP contribution in [0.1, 0.15) is 200 Å². The molecule has 0 rings (SSSR count). The van der Waals surface area contributed by atoms with Gasteiger partial charge in [0, 0.05) is 6.42 Å². The third-order valence-corrected chi connectivity index (χ3v) is 8.97. The number of hydrogen-bond acceptors (Lipinski definition) is 5. The molecule has 0 aromatic rings. The lowest BCUT2D eigenvalue weighted by atomic mass is 9.94. The van der Waals surface area contributed by atoms with Crippen molar-refractivity contribution in [2.45, 2.75) is 206 Å². The summed E-state index contributed by atoms with van der Waals surface area (Å²) in [4.78, 5) is 23.2. The fraction of sp³-hybridized carbons (Fsp3) is 0.897. The molecule has 0 spiro atoms. The van der Waals surface area contributed by atoms with E-state index in [1.807, 2.05) is 0 Å². The van der Waals surface area contributed by atoms with E-state index < -0.39 is 12.1 Å². The number of carbonyl (C=O) groups excluding carboxylic acids is 1. The Hall–Kier alpha value is -1.40. The third-order valence-electron chi connectivity index (χ3n) is 8.97. The number of rotatable bonds is 36. The van der Waals surface area contributed by atoms with Crippen LogP contribution in [-0.2, 0) is 14.3 Å². The number of carbonyl (C=O) groups is 2. The summed E-state index contributed by atoms with van der Waals surface area (Å²) in [5, 5.41) is 27.3. The largest absolute Gasteiger partial charge is 0.481 e. The minimum atomic E-state index is -0.995. The number of unbranched alkanes of at least 4 members (excludes halogenated alkanes) is 24. The summed E-state index contributed by atoms with van der Waals surface area (Å²) in [6.45, 7) is 1.76. The van der Waals surface area contributed by atoms with Crippen LogP contribution < -0.4 is 0 Å². The molecule has 0 amide bonds. The van der Waals surface area contributed by atoms with Crippen LogP contribution in [0, 0.1) is 5.92 Å². The SMILES string of the molecule is CCCCCCCCC=CCCCCCCC(CCCCCCCCCCCCCCCCCC(=O)O)C(=O)OCC(O)CO. The van der Waals surface area contributed by atoms with Crippen molar-refractivity contribution in [3.05, 3.63) is 12.2 Å². The molecule has 0 saturated heterocycles. The number of aliphatic carboxylic acids is 1. The molecule has 0 saturated carbocycles. The Morgan fingerprint density at radius 2 is 0.956 bits per heavy atom. The molecule has 3 N–H and O–H groups in total. The highest BCUT2D eigenvalue weighted by atomic mass is 16.5. The second kappa shape index (κ2) is 35.5. The fourth-order valence-electron chi connectivity index (χ4n) is 5.98. The molecule has 45 heavy (non-hydrogen) atoms. The first-order valence-corrected chi connectivity index (χ1v) is 19.3. The molecule has 2 unspecified atom stereocenters. The maximum absolute atomic E-state index is 12.7. The highest BCUT2D eigenvalue weighted by Crippen LogP contribution is 2.21. The monoisotopic (exact) mass is 639 g/mol. The molecule has 0 aliphatic carbocycles. The molecular weight excluding hydrogens is 564 g/mol. The number of hydrogen-bond donors (Lipinski definition) is 3. The summed E-state index contributed by atoms with van der Waals surface area (Å²) in [6.07, 6.45) is 38.9. The highest BCUT2D eigenvalue weighted by Gasteiger charge is 2.20. The van der Waals surface area contributed by atoms with Crippen molar-refractivity contribution in [2.75, 3.05) is 13.2 Å². The van der Waals surface area contributed by atoms with Gasteiger partial charge in [0.05, 0.1) is 12.5 Å². The zero-order valence-electron chi connectivity index (χ0n) is 29.5. The lowest BCUT2D eigenvalue weighted by molar-refractivity contribution is -0.152. The van der Waals surface area contributed by atoms with Gasteiger partial charge in [-0.25, -0.2) is 0 Å². The zero-order chi connectivity index (χ0) is 33.1. The summed E-state index contributed by atoms with van der Waals surface area (Å²) in [5.41, 5.74) is 0. The van der Waals surface area contributed by atoms with Crippen molar-refractivity contribution in [1.82, 2.24) is 0 Å². The molecule has 0 aromatic heterocycles. The van der Waals surface area contributed by atoms with Crippen LogP contribution in [0.2, 0.25) is 0 Å². The van der Waals surface area contributed by atoms with Crippen molar-refractivity contribution in [1.29, 1.82) is 0 Å². The average Bonchev–Trinajstić information content (AvgIpc) is 3.03. The van der Waals surface area contributed by atoms with E-state index in [1.165, 1.54) is 128 Å². The second-order valence-corrected chi connectivity index (χ2v) is 13.4. The lowest BCUT2D eigenvalue weighted by Gasteiger charge is -2.17. The number of esters is 1. The van der Waals surface area contributed by atoms with Gasteiger partial charge in [0.2, 0.25) is 0 Å². The standard InChI is InChI=1S/C39H74O6/c1-2-3-4-5-6-7-8-9-13-16-19-22-25-28-31-36(39(44)45-35-37(41)34-40)32-29-26-23-20-17-14-11-10-12-15-18-21-24-27-30-33-38(42)43/h9,13,36-37,40-41H,2-8,10-12,14-35H2,1H3,(H,42,43). The first-order valence-electron chi connectivity index (χ1n) is 19.3. The van der Waals surface area contributed by atoms with Crippen LogP contribution in [0.5, 0.6) is 0 Å². The van der Waals surface area contributed by atoms with Gasteiger partial charge in [-0.1, -0.05) is 160 Å². The second-order valence-electron chi connectivity index (χ2n) is 13.4. The summed E-state index contributed by atoms with van der Waals surface area (Å²) in [5.74, 6) is -0.987. The topological polar surface area (TPSA) is 104 Å². The van der Waals surface area contributed by atoms with Crippen molar-refractivity contribution >= 4 is 11.9 Å². The van der Waals surface area contributed by atoms with Gasteiger partial charge < -0.3 is 20.1 Å². The fourth-order valence-corrected chi connectivity index (χ4v) is 5.98. The summed E-state index contributed by atoms with van der Waals surface area (Å²) in [6, 6.07) is 0. The lowest BCUT2D eigenvalue weighted by Crippen LogP contribution is -2.25. The number of carboxylic acid groups (broad SMARTS) is 1. The van der Waals surface area contributed by atoms with Gasteiger partial charge in [-0.2, -0.15) is 0 Å². The highest BCUT2D eigenvalue weighted by molar-refractivity contribution is 5.72. The molecule has 0 aliphatic heterocycles. The molecule has 6 heteroatoms. The van der Waals surface area contributed by atoms with Crippen LogP contribution in [0.3, 0.4) is 0 Å². The number of aliphatic hydroxyl groups excluding tert-OH is 2. The number of allylic oxidation sites excluding steroid dienone is 2. The van der Waals surface area contributed by atoms with Gasteiger partial charge in [-0.3, -0.25) is 9.59 Å². The Balaban J connectivity index is 3.87. The van der Waals surface area contributed by atoms with Gasteiger partial charge in [-0.05, 0) is 44.9 Å². The Morgan fingerprint density at radius 1 is 0.578 bits per heavy atom. The molecule has 0 aromatic carbocycles. The molecule has 0 heterocycles. The van der Waals surface area contributed by atoms with Crippen LogP contribution in [-0.4, -0.2) is 46.6 Å². The summed E-state index contributed by atoms with van der Waals surface area (Å²) >= 11 is 0. The average molecular weight is 639 g/mol. The predicted octanol–water partition coefficient (Wildman–Crippen LogP) is 10.9. The summed E-state index contributed by atoms with van der Waals surface area (Å²) < 4.78 is 5.34. The van der Waals surface area contributed by atoms with Gasteiger partial charge in [0.1, 0.15) is 12.7 Å². The van der Waals surface area contributed by atoms with Crippen LogP contribution >= 0.6 is 0 Å². The van der Waals surface area contributed by atoms with Gasteiger partial charge in [0.15, 0.2) is 0 Å². The van der Waals surface area contributed by atoms with E-state index in [0.717, 1.165) is 57.8 Å². The number of aliphatic hydroxyl groups is 2. The first kappa shape index (κ1) is 43.6. The molecular formula is C39H74O6. The van der Waals surface area contributed by atoms with E-state index >= 15 is 0 Å².